The average Bonchev–Trinajstić information content (AvgIpc) is 2.44. The van der Waals surface area contributed by atoms with E-state index in [4.69, 9.17) is 16.7 Å². The third kappa shape index (κ3) is 2.15. The zero-order valence-corrected chi connectivity index (χ0v) is 9.88. The van der Waals surface area contributed by atoms with Crippen LogP contribution in [0.15, 0.2) is 0 Å². The SMILES string of the molecule is CCC(CC)n1nc(C)c(C(=O)O)c1Cl. The highest BCUT2D eigenvalue weighted by Gasteiger charge is 2.22. The lowest BCUT2D eigenvalue weighted by molar-refractivity contribution is 0.0696. The van der Waals surface area contributed by atoms with Gasteiger partial charge in [-0.3, -0.25) is 0 Å². The van der Waals surface area contributed by atoms with Gasteiger partial charge < -0.3 is 5.11 Å². The van der Waals surface area contributed by atoms with E-state index >= 15 is 0 Å². The van der Waals surface area contributed by atoms with E-state index in [1.165, 1.54) is 0 Å². The molecule has 1 N–H and O–H groups in total. The van der Waals surface area contributed by atoms with Crippen molar-refractivity contribution in [3.63, 3.8) is 0 Å². The van der Waals surface area contributed by atoms with E-state index < -0.39 is 5.97 Å². The van der Waals surface area contributed by atoms with E-state index in [9.17, 15) is 4.79 Å². The Labute approximate surface area is 93.9 Å². The summed E-state index contributed by atoms with van der Waals surface area (Å²) in [6, 6.07) is 0.171. The minimum atomic E-state index is -1.02. The largest absolute Gasteiger partial charge is 0.478 e. The fourth-order valence-electron chi connectivity index (χ4n) is 1.64. The third-order valence-electron chi connectivity index (χ3n) is 2.53. The van der Waals surface area contributed by atoms with Gasteiger partial charge in [0.1, 0.15) is 10.7 Å². The lowest BCUT2D eigenvalue weighted by Gasteiger charge is -2.13. The number of aromatic carboxylic acids is 1. The molecule has 0 saturated carbocycles. The number of nitrogens with zero attached hydrogens (tertiary/aromatic N) is 2. The molecular weight excluding hydrogens is 216 g/mol. The van der Waals surface area contributed by atoms with Crippen molar-refractivity contribution in [2.75, 3.05) is 0 Å². The third-order valence-corrected chi connectivity index (χ3v) is 2.89. The minimum absolute atomic E-state index is 0.114. The fraction of sp³-hybridized carbons (Fsp3) is 0.600. The van der Waals surface area contributed by atoms with Crippen molar-refractivity contribution in [1.82, 2.24) is 9.78 Å². The summed E-state index contributed by atoms with van der Waals surface area (Å²) in [4.78, 5) is 10.9. The van der Waals surface area contributed by atoms with Crippen LogP contribution in [0.3, 0.4) is 0 Å². The van der Waals surface area contributed by atoms with Crippen LogP contribution in [0, 0.1) is 6.92 Å². The normalized spacial score (nSPS) is 11.0. The van der Waals surface area contributed by atoms with Crippen LogP contribution in [-0.2, 0) is 0 Å². The van der Waals surface area contributed by atoms with Crippen LogP contribution < -0.4 is 0 Å². The number of halogens is 1. The van der Waals surface area contributed by atoms with E-state index in [0.717, 1.165) is 12.8 Å². The van der Waals surface area contributed by atoms with Gasteiger partial charge in [0, 0.05) is 0 Å². The summed E-state index contributed by atoms with van der Waals surface area (Å²) in [6.45, 7) is 5.72. The molecule has 15 heavy (non-hydrogen) atoms. The summed E-state index contributed by atoms with van der Waals surface area (Å²) in [5.41, 5.74) is 0.586. The maximum atomic E-state index is 10.9. The molecule has 0 aliphatic carbocycles. The first-order chi connectivity index (χ1) is 7.02. The summed E-state index contributed by atoms with van der Waals surface area (Å²) in [6.07, 6.45) is 1.77. The monoisotopic (exact) mass is 230 g/mol. The molecule has 1 heterocycles. The second-order valence-corrected chi connectivity index (χ2v) is 3.83. The summed E-state index contributed by atoms with van der Waals surface area (Å²) >= 11 is 6.00. The van der Waals surface area contributed by atoms with E-state index in [1.807, 2.05) is 13.8 Å². The molecule has 0 amide bonds. The van der Waals surface area contributed by atoms with Gasteiger partial charge in [-0.2, -0.15) is 5.10 Å². The Balaban J connectivity index is 3.22. The zero-order valence-electron chi connectivity index (χ0n) is 9.12. The highest BCUT2D eigenvalue weighted by Crippen LogP contribution is 2.26. The molecule has 0 atom stereocenters. The Hall–Kier alpha value is -1.03. The van der Waals surface area contributed by atoms with Crippen molar-refractivity contribution >= 4 is 17.6 Å². The highest BCUT2D eigenvalue weighted by molar-refractivity contribution is 6.32. The first kappa shape index (κ1) is 12.0. The molecule has 0 bridgehead atoms. The molecular formula is C10H15ClN2O2. The van der Waals surface area contributed by atoms with E-state index in [-0.39, 0.29) is 16.8 Å². The Morgan fingerprint density at radius 3 is 2.40 bits per heavy atom. The number of hydrogen-bond acceptors (Lipinski definition) is 2. The van der Waals surface area contributed by atoms with Crippen LogP contribution in [-0.4, -0.2) is 20.9 Å². The molecule has 0 spiro atoms. The number of aryl methyl sites for hydroxylation is 1. The number of aromatic nitrogens is 2. The molecule has 0 unspecified atom stereocenters. The predicted molar refractivity (Wildman–Crippen MR) is 58.6 cm³/mol. The van der Waals surface area contributed by atoms with Gasteiger partial charge in [0.15, 0.2) is 0 Å². The standard InChI is InChI=1S/C10H15ClN2O2/c1-4-7(5-2)13-9(11)8(10(14)15)6(3)12-13/h7H,4-5H2,1-3H3,(H,14,15). The van der Waals surface area contributed by atoms with Crippen molar-refractivity contribution < 1.29 is 9.90 Å². The van der Waals surface area contributed by atoms with Crippen LogP contribution in [0.5, 0.6) is 0 Å². The molecule has 1 aromatic rings. The smallest absolute Gasteiger partial charge is 0.340 e. The molecule has 0 saturated heterocycles. The molecule has 0 aromatic carbocycles. The topological polar surface area (TPSA) is 55.1 Å². The maximum absolute atomic E-state index is 10.9. The minimum Gasteiger partial charge on any atom is -0.478 e. The van der Waals surface area contributed by atoms with Crippen molar-refractivity contribution in [3.05, 3.63) is 16.4 Å². The van der Waals surface area contributed by atoms with Gasteiger partial charge in [-0.25, -0.2) is 9.48 Å². The first-order valence-corrected chi connectivity index (χ1v) is 5.38. The molecule has 1 rings (SSSR count). The number of carboxylic acids is 1. The summed E-state index contributed by atoms with van der Waals surface area (Å²) in [5, 5.41) is 13.4. The average molecular weight is 231 g/mol. The van der Waals surface area contributed by atoms with Crippen molar-refractivity contribution in [2.24, 2.45) is 0 Å². The molecule has 1 aromatic heterocycles. The summed E-state index contributed by atoms with van der Waals surface area (Å²) in [5.74, 6) is -1.02. The fourth-order valence-corrected chi connectivity index (χ4v) is 2.03. The van der Waals surface area contributed by atoms with Gasteiger partial charge in [0.25, 0.3) is 0 Å². The maximum Gasteiger partial charge on any atom is 0.340 e. The van der Waals surface area contributed by atoms with Gasteiger partial charge in [0.2, 0.25) is 0 Å². The predicted octanol–water partition coefficient (Wildman–Crippen LogP) is 2.90. The van der Waals surface area contributed by atoms with Crippen LogP contribution in [0.25, 0.3) is 0 Å². The van der Waals surface area contributed by atoms with Gasteiger partial charge in [-0.1, -0.05) is 25.4 Å². The van der Waals surface area contributed by atoms with Crippen molar-refractivity contribution in [2.45, 2.75) is 39.7 Å². The highest BCUT2D eigenvalue weighted by atomic mass is 35.5. The lowest BCUT2D eigenvalue weighted by atomic mass is 10.2. The summed E-state index contributed by atoms with van der Waals surface area (Å²) < 4.78 is 1.61. The molecule has 84 valence electrons. The Bertz CT molecular complexity index is 370. The molecule has 0 aliphatic heterocycles. The first-order valence-electron chi connectivity index (χ1n) is 5.00. The van der Waals surface area contributed by atoms with E-state index in [2.05, 4.69) is 5.10 Å². The van der Waals surface area contributed by atoms with Gasteiger partial charge in [-0.15, -0.1) is 0 Å². The van der Waals surface area contributed by atoms with Crippen LogP contribution in [0.1, 0.15) is 48.8 Å². The van der Waals surface area contributed by atoms with Crippen molar-refractivity contribution in [1.29, 1.82) is 0 Å². The molecule has 0 fully saturated rings. The van der Waals surface area contributed by atoms with E-state index in [0.29, 0.717) is 5.69 Å². The van der Waals surface area contributed by atoms with Crippen LogP contribution in [0.2, 0.25) is 5.15 Å². The Kier molecular flexibility index (Phi) is 3.74. The zero-order chi connectivity index (χ0) is 11.6. The van der Waals surface area contributed by atoms with E-state index in [1.54, 1.807) is 11.6 Å². The second-order valence-electron chi connectivity index (χ2n) is 3.47. The second kappa shape index (κ2) is 4.66. The quantitative estimate of drug-likeness (QED) is 0.865. The lowest BCUT2D eigenvalue weighted by Crippen LogP contribution is -2.09. The molecule has 5 heteroatoms. The number of hydrogen-bond donors (Lipinski definition) is 1. The van der Waals surface area contributed by atoms with Gasteiger partial charge in [-0.05, 0) is 19.8 Å². The number of carboxylic acid groups (broad SMARTS) is 1. The number of carbonyl (C=O) groups is 1. The molecule has 0 radical (unpaired) electrons. The Morgan fingerprint density at radius 2 is 2.07 bits per heavy atom. The van der Waals surface area contributed by atoms with Gasteiger partial charge in [0.05, 0.1) is 11.7 Å². The van der Waals surface area contributed by atoms with Crippen molar-refractivity contribution in [3.8, 4) is 0 Å². The number of rotatable bonds is 4. The van der Waals surface area contributed by atoms with Crippen LogP contribution in [0.4, 0.5) is 0 Å². The van der Waals surface area contributed by atoms with Crippen LogP contribution >= 0.6 is 11.6 Å². The molecule has 0 aliphatic rings. The van der Waals surface area contributed by atoms with Gasteiger partial charge >= 0.3 is 5.97 Å². The summed E-state index contributed by atoms with van der Waals surface area (Å²) in [7, 11) is 0. The molecule has 4 nitrogen and oxygen atoms in total. The Morgan fingerprint density at radius 1 is 1.53 bits per heavy atom.